The molecule has 3 aliphatic heterocycles. The predicted octanol–water partition coefficient (Wildman–Crippen LogP) is 0.545. The van der Waals surface area contributed by atoms with Crippen molar-refractivity contribution in [1.29, 1.82) is 0 Å². The van der Waals surface area contributed by atoms with E-state index in [1.807, 2.05) is 5.32 Å². The number of nitrogens with one attached hydrogen (secondary N) is 2. The third-order valence-electron chi connectivity index (χ3n) is 6.84. The van der Waals surface area contributed by atoms with Gasteiger partial charge in [-0.1, -0.05) is 0 Å². The number of hydrogen-bond donors (Lipinski definition) is 2. The number of cyclic esters (lactones) is 1. The molecule has 1 atom stereocenters. The molecular formula is C23H33F4N7O3. The van der Waals surface area contributed by atoms with Crippen LogP contribution < -0.4 is 20.5 Å². The third-order valence-corrected chi connectivity index (χ3v) is 6.84. The summed E-state index contributed by atoms with van der Waals surface area (Å²) in [5, 5.41) is 4.05. The van der Waals surface area contributed by atoms with Crippen LogP contribution in [-0.4, -0.2) is 125 Å². The van der Waals surface area contributed by atoms with E-state index < -0.39 is 36.2 Å². The van der Waals surface area contributed by atoms with Crippen LogP contribution in [0.3, 0.4) is 0 Å². The minimum atomic E-state index is -3.19. The first-order valence-corrected chi connectivity index (χ1v) is 12.4. The Balaban J connectivity index is 1.33. The number of benzene rings is 1. The van der Waals surface area contributed by atoms with Crippen LogP contribution in [0.5, 0.6) is 0 Å². The van der Waals surface area contributed by atoms with Crippen molar-refractivity contribution in [2.75, 3.05) is 95.4 Å². The van der Waals surface area contributed by atoms with Crippen LogP contribution in [0, 0.1) is 11.6 Å². The van der Waals surface area contributed by atoms with Gasteiger partial charge in [0.15, 0.2) is 11.6 Å². The van der Waals surface area contributed by atoms with Crippen LogP contribution in [0.2, 0.25) is 0 Å². The number of amides is 2. The summed E-state index contributed by atoms with van der Waals surface area (Å²) >= 11 is 0. The van der Waals surface area contributed by atoms with E-state index in [1.165, 1.54) is 0 Å². The molecule has 0 spiro atoms. The van der Waals surface area contributed by atoms with Gasteiger partial charge < -0.3 is 19.9 Å². The van der Waals surface area contributed by atoms with Gasteiger partial charge in [-0.25, -0.2) is 18.6 Å². The summed E-state index contributed by atoms with van der Waals surface area (Å²) in [6.45, 7) is 7.29. The van der Waals surface area contributed by atoms with Gasteiger partial charge in [0.05, 0.1) is 18.8 Å². The molecule has 1 aromatic rings. The van der Waals surface area contributed by atoms with Crippen LogP contribution in [0.1, 0.15) is 0 Å². The molecule has 2 N–H and O–H groups in total. The fraction of sp³-hybridized carbons (Fsp3) is 0.652. The summed E-state index contributed by atoms with van der Waals surface area (Å²) in [7, 11) is 2.11. The number of nitrogens with zero attached hydrogens (tertiary/aromatic N) is 5. The van der Waals surface area contributed by atoms with Crippen molar-refractivity contribution >= 4 is 23.4 Å². The van der Waals surface area contributed by atoms with Crippen LogP contribution in [0.25, 0.3) is 0 Å². The Morgan fingerprint density at radius 3 is 2.46 bits per heavy atom. The molecule has 10 nitrogen and oxygen atoms in total. The molecule has 3 saturated heterocycles. The summed E-state index contributed by atoms with van der Waals surface area (Å²) in [6, 6.07) is 2.12. The van der Waals surface area contributed by atoms with E-state index in [0.717, 1.165) is 56.3 Å². The number of halogens is 4. The Morgan fingerprint density at radius 1 is 1.08 bits per heavy atom. The number of rotatable bonds is 8. The average molecular weight is 532 g/mol. The van der Waals surface area contributed by atoms with Crippen molar-refractivity contribution < 1.29 is 31.9 Å². The number of carbonyl (C=O) groups excluding carboxylic acids is 2. The van der Waals surface area contributed by atoms with Gasteiger partial charge in [-0.15, -0.1) is 0 Å². The first-order chi connectivity index (χ1) is 17.7. The fourth-order valence-electron chi connectivity index (χ4n) is 4.66. The average Bonchev–Trinajstić information content (AvgIpc) is 3.08. The minimum absolute atomic E-state index is 0.0480. The molecule has 0 bridgehead atoms. The first-order valence-electron chi connectivity index (χ1n) is 12.4. The number of carbonyl (C=O) groups is 2. The molecule has 1 aromatic carbocycles. The summed E-state index contributed by atoms with van der Waals surface area (Å²) in [5.41, 5.74) is 3.11. The van der Waals surface area contributed by atoms with E-state index in [9.17, 15) is 18.4 Å². The largest absolute Gasteiger partial charge is 0.442 e. The van der Waals surface area contributed by atoms with E-state index >= 15 is 8.78 Å². The van der Waals surface area contributed by atoms with Gasteiger partial charge >= 0.3 is 12.5 Å². The van der Waals surface area contributed by atoms with Crippen LogP contribution in [0.15, 0.2) is 12.1 Å². The van der Waals surface area contributed by atoms with Crippen LogP contribution in [-0.2, 0) is 9.53 Å². The fourth-order valence-corrected chi connectivity index (χ4v) is 4.66. The monoisotopic (exact) mass is 531 g/mol. The molecule has 3 heterocycles. The maximum atomic E-state index is 15.1. The number of hydrazine groups is 1. The number of hydrogen-bond acceptors (Lipinski definition) is 8. The zero-order chi connectivity index (χ0) is 26.5. The molecule has 0 saturated carbocycles. The molecule has 0 unspecified atom stereocenters. The van der Waals surface area contributed by atoms with E-state index in [2.05, 4.69) is 27.3 Å². The highest BCUT2D eigenvalue weighted by Gasteiger charge is 2.34. The van der Waals surface area contributed by atoms with Gasteiger partial charge in [0.1, 0.15) is 11.8 Å². The molecule has 0 aliphatic carbocycles. The molecule has 3 fully saturated rings. The molecule has 4 rings (SSSR count). The number of alkyl halides is 2. The summed E-state index contributed by atoms with van der Waals surface area (Å²) < 4.78 is 60.0. The summed E-state index contributed by atoms with van der Waals surface area (Å²) in [6.07, 6.45) is -4.99. The zero-order valence-electron chi connectivity index (χ0n) is 20.8. The van der Waals surface area contributed by atoms with E-state index in [0.29, 0.717) is 26.2 Å². The molecular weight excluding hydrogens is 498 g/mol. The smallest absolute Gasteiger partial charge is 0.414 e. The van der Waals surface area contributed by atoms with Gasteiger partial charge in [0.25, 0.3) is 5.91 Å². The normalized spacial score (nSPS) is 22.4. The third kappa shape index (κ3) is 7.00. The second-order valence-electron chi connectivity index (χ2n) is 9.45. The highest BCUT2D eigenvalue weighted by molar-refractivity contribution is 5.90. The van der Waals surface area contributed by atoms with Crippen LogP contribution in [0.4, 0.5) is 33.7 Å². The van der Waals surface area contributed by atoms with Crippen molar-refractivity contribution in [2.24, 2.45) is 0 Å². The second-order valence-corrected chi connectivity index (χ2v) is 9.45. The Bertz CT molecular complexity index is 941. The highest BCUT2D eigenvalue weighted by Crippen LogP contribution is 2.31. The van der Waals surface area contributed by atoms with Gasteiger partial charge in [0, 0.05) is 77.6 Å². The highest BCUT2D eigenvalue weighted by atomic mass is 19.3. The standard InChI is InChI=1S/C23H33F4N7O3/c1-30-4-6-31(7-5-30)8-10-33-11-9-32(3-2-29-33)20-18(24)12-16(13-19(20)25)34-15-17(37-23(34)36)14-28-22(35)21(26)27/h12-13,17,21,29H,2-11,14-15H2,1H3,(H,28,35)/t17-/m0/s1. The number of likely N-dealkylation sites (N-methyl/N-ethyl adjacent to an activating group) is 1. The lowest BCUT2D eigenvalue weighted by atomic mass is 10.2. The Kier molecular flexibility index (Phi) is 9.05. The zero-order valence-corrected chi connectivity index (χ0v) is 20.8. The lowest BCUT2D eigenvalue weighted by Crippen LogP contribution is -2.49. The number of anilines is 2. The molecule has 206 valence electrons. The topological polar surface area (TPSA) is 83.6 Å². The van der Waals surface area contributed by atoms with Gasteiger partial charge in [-0.3, -0.25) is 20.0 Å². The molecule has 3 aliphatic rings. The Hall–Kier alpha value is -2.68. The first kappa shape index (κ1) is 27.4. The molecule has 14 heteroatoms. The maximum Gasteiger partial charge on any atom is 0.414 e. The maximum absolute atomic E-state index is 15.1. The van der Waals surface area contributed by atoms with Crippen LogP contribution >= 0.6 is 0 Å². The van der Waals surface area contributed by atoms with E-state index in [1.54, 1.807) is 4.90 Å². The van der Waals surface area contributed by atoms with Gasteiger partial charge in [-0.05, 0) is 7.05 Å². The van der Waals surface area contributed by atoms with Gasteiger partial charge in [-0.2, -0.15) is 8.78 Å². The van der Waals surface area contributed by atoms with E-state index in [4.69, 9.17) is 4.74 Å². The quantitative estimate of drug-likeness (QED) is 0.471. The lowest BCUT2D eigenvalue weighted by molar-refractivity contribution is -0.132. The van der Waals surface area contributed by atoms with Crippen molar-refractivity contribution in [2.45, 2.75) is 12.5 Å². The van der Waals surface area contributed by atoms with Crippen molar-refractivity contribution in [3.8, 4) is 0 Å². The summed E-state index contributed by atoms with van der Waals surface area (Å²) in [5.74, 6) is -3.12. The van der Waals surface area contributed by atoms with Crippen molar-refractivity contribution in [1.82, 2.24) is 25.6 Å². The molecule has 0 radical (unpaired) electrons. The predicted molar refractivity (Wildman–Crippen MR) is 129 cm³/mol. The molecule has 37 heavy (non-hydrogen) atoms. The second kappa shape index (κ2) is 12.2. The minimum Gasteiger partial charge on any atom is -0.442 e. The number of piperazine rings is 1. The molecule has 2 amide bonds. The number of ether oxygens (including phenoxy) is 1. The lowest BCUT2D eigenvalue weighted by Gasteiger charge is -2.33. The summed E-state index contributed by atoms with van der Waals surface area (Å²) in [4.78, 5) is 30.6. The van der Waals surface area contributed by atoms with Gasteiger partial charge in [0.2, 0.25) is 0 Å². The SMILES string of the molecule is CN1CCN(CCN2CCN(c3c(F)cc(N4C[C@H](CNC(=O)C(F)F)OC4=O)cc3F)CCN2)CC1. The van der Waals surface area contributed by atoms with E-state index in [-0.39, 0.29) is 24.5 Å². The van der Waals surface area contributed by atoms with Crippen molar-refractivity contribution in [3.05, 3.63) is 23.8 Å². The Labute approximate surface area is 213 Å². The van der Waals surface area contributed by atoms with Crippen molar-refractivity contribution in [3.63, 3.8) is 0 Å². The Morgan fingerprint density at radius 2 is 1.78 bits per heavy atom. The molecule has 0 aromatic heterocycles.